The van der Waals surface area contributed by atoms with Gasteiger partial charge in [0.25, 0.3) is 0 Å². The molecule has 3 N–H and O–H groups in total. The van der Waals surface area contributed by atoms with Gasteiger partial charge in [0.1, 0.15) is 0 Å². The van der Waals surface area contributed by atoms with Crippen LogP contribution in [0.4, 0.5) is 4.79 Å². The third kappa shape index (κ3) is 4.91. The minimum absolute atomic E-state index is 0.0607. The zero-order valence-electron chi connectivity index (χ0n) is 11.3. The zero-order valence-corrected chi connectivity index (χ0v) is 11.3. The summed E-state index contributed by atoms with van der Waals surface area (Å²) in [6.07, 6.45) is 2.42. The number of rotatable bonds is 6. The Balaban J connectivity index is 1.70. The van der Waals surface area contributed by atoms with Crippen LogP contribution in [0, 0.1) is 5.92 Å². The number of hydrogen-bond acceptors (Lipinski definition) is 2. The van der Waals surface area contributed by atoms with Crippen molar-refractivity contribution < 1.29 is 9.90 Å². The molecule has 2 amide bonds. The van der Waals surface area contributed by atoms with Crippen molar-refractivity contribution in [2.45, 2.75) is 38.3 Å². The van der Waals surface area contributed by atoms with Gasteiger partial charge >= 0.3 is 6.03 Å². The van der Waals surface area contributed by atoms with Crippen molar-refractivity contribution in [1.82, 2.24) is 10.6 Å². The number of amides is 2. The number of urea groups is 1. The summed E-state index contributed by atoms with van der Waals surface area (Å²) >= 11 is 0. The largest absolute Gasteiger partial charge is 0.388 e. The highest BCUT2D eigenvalue weighted by atomic mass is 16.3. The number of hydrogen-bond donors (Lipinski definition) is 3. The monoisotopic (exact) mass is 262 g/mol. The Labute approximate surface area is 114 Å². The second-order valence-corrected chi connectivity index (χ2v) is 5.36. The highest BCUT2D eigenvalue weighted by molar-refractivity contribution is 5.74. The zero-order chi connectivity index (χ0) is 13.7. The molecular formula is C15H22N2O2. The van der Waals surface area contributed by atoms with Crippen molar-refractivity contribution in [3.05, 3.63) is 35.9 Å². The molecule has 2 rings (SSSR count). The van der Waals surface area contributed by atoms with E-state index in [1.165, 1.54) is 12.8 Å². The number of carbonyl (C=O) groups is 1. The third-order valence-electron chi connectivity index (χ3n) is 3.39. The lowest BCUT2D eigenvalue weighted by Crippen LogP contribution is -2.42. The van der Waals surface area contributed by atoms with Gasteiger partial charge in [0.15, 0.2) is 0 Å². The lowest BCUT2D eigenvalue weighted by Gasteiger charge is -2.18. The second-order valence-electron chi connectivity index (χ2n) is 5.36. The van der Waals surface area contributed by atoms with E-state index in [0.717, 1.165) is 12.1 Å². The second kappa shape index (κ2) is 6.57. The van der Waals surface area contributed by atoms with Crippen molar-refractivity contribution in [3.8, 4) is 0 Å². The first-order chi connectivity index (χ1) is 9.15. The van der Waals surface area contributed by atoms with Crippen LogP contribution >= 0.6 is 0 Å². The minimum Gasteiger partial charge on any atom is -0.388 e. The third-order valence-corrected chi connectivity index (χ3v) is 3.39. The first-order valence-electron chi connectivity index (χ1n) is 6.92. The van der Waals surface area contributed by atoms with Gasteiger partial charge in [-0.05, 0) is 37.7 Å². The van der Waals surface area contributed by atoms with Gasteiger partial charge in [-0.25, -0.2) is 4.79 Å². The molecule has 1 aromatic rings. The molecule has 0 radical (unpaired) electrons. The van der Waals surface area contributed by atoms with Crippen LogP contribution in [0.5, 0.6) is 0 Å². The molecule has 0 spiro atoms. The van der Waals surface area contributed by atoms with Gasteiger partial charge in [0, 0.05) is 12.6 Å². The summed E-state index contributed by atoms with van der Waals surface area (Å²) < 4.78 is 0. The van der Waals surface area contributed by atoms with Crippen LogP contribution in [0.3, 0.4) is 0 Å². The molecule has 19 heavy (non-hydrogen) atoms. The van der Waals surface area contributed by atoms with Crippen LogP contribution in [0.2, 0.25) is 0 Å². The van der Waals surface area contributed by atoms with Gasteiger partial charge in [0.2, 0.25) is 0 Å². The number of nitrogens with one attached hydrogen (secondary N) is 2. The van der Waals surface area contributed by atoms with Gasteiger partial charge < -0.3 is 15.7 Å². The molecule has 1 fully saturated rings. The van der Waals surface area contributed by atoms with Crippen molar-refractivity contribution in [2.75, 3.05) is 6.54 Å². The molecule has 1 saturated carbocycles. The van der Waals surface area contributed by atoms with E-state index in [4.69, 9.17) is 0 Å². The molecule has 2 unspecified atom stereocenters. The molecule has 4 nitrogen and oxygen atoms in total. The minimum atomic E-state index is -0.542. The Hall–Kier alpha value is -1.55. The van der Waals surface area contributed by atoms with Crippen LogP contribution in [0.1, 0.15) is 37.9 Å². The number of benzene rings is 1. The molecule has 1 aliphatic carbocycles. The van der Waals surface area contributed by atoms with Crippen molar-refractivity contribution >= 4 is 6.03 Å². The van der Waals surface area contributed by atoms with Gasteiger partial charge in [-0.3, -0.25) is 0 Å². The Bertz CT molecular complexity index is 404. The van der Waals surface area contributed by atoms with Gasteiger partial charge in [-0.15, -0.1) is 0 Å². The predicted octanol–water partition coefficient (Wildman–Crippen LogP) is 2.21. The summed E-state index contributed by atoms with van der Waals surface area (Å²) in [7, 11) is 0. The lowest BCUT2D eigenvalue weighted by atomic mass is 10.0. The van der Waals surface area contributed by atoms with Gasteiger partial charge in [0.05, 0.1) is 6.10 Å². The molecule has 104 valence electrons. The molecule has 0 bridgehead atoms. The van der Waals surface area contributed by atoms with Crippen LogP contribution in [-0.2, 0) is 0 Å². The van der Waals surface area contributed by atoms with E-state index in [2.05, 4.69) is 10.6 Å². The topological polar surface area (TPSA) is 61.4 Å². The smallest absolute Gasteiger partial charge is 0.315 e. The quantitative estimate of drug-likeness (QED) is 0.736. The van der Waals surface area contributed by atoms with Crippen LogP contribution in [0.25, 0.3) is 0 Å². The van der Waals surface area contributed by atoms with Crippen LogP contribution in [-0.4, -0.2) is 23.7 Å². The van der Waals surface area contributed by atoms with Crippen molar-refractivity contribution in [2.24, 2.45) is 5.92 Å². The average molecular weight is 262 g/mol. The SMILES string of the molecule is CC(CC(O)c1ccccc1)NC(=O)NCC1CC1. The first kappa shape index (κ1) is 13.9. The van der Waals surface area contributed by atoms with E-state index >= 15 is 0 Å². The molecule has 0 saturated heterocycles. The van der Waals surface area contributed by atoms with E-state index in [9.17, 15) is 9.90 Å². The maximum Gasteiger partial charge on any atom is 0.315 e. The molecular weight excluding hydrogens is 240 g/mol. The van der Waals surface area contributed by atoms with Gasteiger partial charge in [-0.2, -0.15) is 0 Å². The number of carbonyl (C=O) groups excluding carboxylic acids is 1. The highest BCUT2D eigenvalue weighted by Crippen LogP contribution is 2.27. The van der Waals surface area contributed by atoms with Crippen molar-refractivity contribution in [3.63, 3.8) is 0 Å². The Morgan fingerprint density at radius 2 is 2.05 bits per heavy atom. The van der Waals surface area contributed by atoms with Crippen LogP contribution < -0.4 is 10.6 Å². The summed E-state index contributed by atoms with van der Waals surface area (Å²) in [6.45, 7) is 2.67. The average Bonchev–Trinajstić information content (AvgIpc) is 3.21. The van der Waals surface area contributed by atoms with E-state index in [-0.39, 0.29) is 12.1 Å². The fraction of sp³-hybridized carbons (Fsp3) is 0.533. The molecule has 0 aliphatic heterocycles. The summed E-state index contributed by atoms with van der Waals surface area (Å²) in [6, 6.07) is 9.31. The van der Waals surface area contributed by atoms with Gasteiger partial charge in [-0.1, -0.05) is 30.3 Å². The molecule has 4 heteroatoms. The van der Waals surface area contributed by atoms with E-state index in [0.29, 0.717) is 12.3 Å². The molecule has 1 aromatic carbocycles. The maximum atomic E-state index is 11.6. The van der Waals surface area contributed by atoms with E-state index in [1.807, 2.05) is 37.3 Å². The Morgan fingerprint density at radius 3 is 2.68 bits per heavy atom. The molecule has 1 aliphatic rings. The summed E-state index contributed by atoms with van der Waals surface area (Å²) in [5.74, 6) is 0.677. The normalized spacial score (nSPS) is 17.6. The summed E-state index contributed by atoms with van der Waals surface area (Å²) in [4.78, 5) is 11.6. The van der Waals surface area contributed by atoms with E-state index in [1.54, 1.807) is 0 Å². The fourth-order valence-electron chi connectivity index (χ4n) is 2.04. The standard InChI is InChI=1S/C15H22N2O2/c1-11(17-15(19)16-10-12-7-8-12)9-14(18)13-5-3-2-4-6-13/h2-6,11-12,14,18H,7-10H2,1H3,(H2,16,17,19). The number of aliphatic hydroxyl groups is 1. The molecule has 0 heterocycles. The maximum absolute atomic E-state index is 11.6. The summed E-state index contributed by atoms with van der Waals surface area (Å²) in [5.41, 5.74) is 0.884. The number of aliphatic hydroxyl groups excluding tert-OH is 1. The first-order valence-corrected chi connectivity index (χ1v) is 6.92. The van der Waals surface area contributed by atoms with Crippen LogP contribution in [0.15, 0.2) is 30.3 Å². The molecule has 0 aromatic heterocycles. The highest BCUT2D eigenvalue weighted by Gasteiger charge is 2.22. The van der Waals surface area contributed by atoms with Crippen molar-refractivity contribution in [1.29, 1.82) is 0 Å². The Morgan fingerprint density at radius 1 is 1.37 bits per heavy atom. The van der Waals surface area contributed by atoms with E-state index < -0.39 is 6.10 Å². The Kier molecular flexibility index (Phi) is 4.80. The predicted molar refractivity (Wildman–Crippen MR) is 74.7 cm³/mol. The summed E-state index contributed by atoms with van der Waals surface area (Å²) in [5, 5.41) is 15.8. The fourth-order valence-corrected chi connectivity index (χ4v) is 2.04. The lowest BCUT2D eigenvalue weighted by molar-refractivity contribution is 0.154. The molecule has 2 atom stereocenters.